The third-order valence-corrected chi connectivity index (χ3v) is 9.37. The van der Waals surface area contributed by atoms with Gasteiger partial charge < -0.3 is 20.1 Å². The maximum absolute atomic E-state index is 12.6. The van der Waals surface area contributed by atoms with E-state index in [1.165, 1.54) is 64.2 Å². The lowest BCUT2D eigenvalue weighted by atomic mass is 10.1. The van der Waals surface area contributed by atoms with Gasteiger partial charge in [0, 0.05) is 19.4 Å². The van der Waals surface area contributed by atoms with Gasteiger partial charge in [-0.1, -0.05) is 139 Å². The fourth-order valence-corrected chi connectivity index (χ4v) is 6.09. The van der Waals surface area contributed by atoms with E-state index in [4.69, 9.17) is 24.3 Å². The van der Waals surface area contributed by atoms with E-state index in [1.807, 2.05) is 0 Å². The first-order chi connectivity index (χ1) is 25.8. The topological polar surface area (TPSA) is 134 Å². The first-order valence-corrected chi connectivity index (χ1v) is 22.3. The van der Waals surface area contributed by atoms with Crippen molar-refractivity contribution in [2.75, 3.05) is 26.4 Å². The summed E-state index contributed by atoms with van der Waals surface area (Å²) in [7, 11) is -4.39. The normalized spacial score (nSPS) is 14.0. The molecule has 0 saturated heterocycles. The zero-order chi connectivity index (χ0) is 38.9. The Balaban J connectivity index is 4.25. The second-order valence-corrected chi connectivity index (χ2v) is 14.9. The minimum Gasteiger partial charge on any atom is -0.462 e. The first kappa shape index (κ1) is 50.7. The van der Waals surface area contributed by atoms with Crippen molar-refractivity contribution in [2.24, 2.45) is 5.73 Å². The Morgan fingerprint density at radius 2 is 1.04 bits per heavy atom. The molecule has 0 bridgehead atoms. The summed E-state index contributed by atoms with van der Waals surface area (Å²) in [6.07, 6.45) is 45.4. The van der Waals surface area contributed by atoms with Gasteiger partial charge in [0.1, 0.15) is 6.61 Å². The predicted molar refractivity (Wildman–Crippen MR) is 219 cm³/mol. The maximum atomic E-state index is 12.6. The molecule has 53 heavy (non-hydrogen) atoms. The van der Waals surface area contributed by atoms with Crippen LogP contribution in [0.2, 0.25) is 0 Å². The Morgan fingerprint density at radius 3 is 1.60 bits per heavy atom. The maximum Gasteiger partial charge on any atom is 0.472 e. The van der Waals surface area contributed by atoms with Crippen LogP contribution in [0.3, 0.4) is 0 Å². The number of allylic oxidation sites excluding steroid dienone is 10. The molecule has 0 aliphatic heterocycles. The highest BCUT2D eigenvalue weighted by molar-refractivity contribution is 7.47. The van der Waals surface area contributed by atoms with Crippen molar-refractivity contribution in [2.45, 2.75) is 174 Å². The van der Waals surface area contributed by atoms with Gasteiger partial charge in [-0.25, -0.2) is 4.57 Å². The average Bonchev–Trinajstić information content (AvgIpc) is 3.14. The quantitative estimate of drug-likeness (QED) is 0.0272. The molecule has 0 spiro atoms. The van der Waals surface area contributed by atoms with Crippen LogP contribution in [0.15, 0.2) is 60.8 Å². The SMILES string of the molecule is CCC=CCC=CCC=CCC=CCCCCC(=O)OCC(COP(=O)(O)OCCN)OC(=O)CCCCCCCCCC=CCCCCCCCC. The van der Waals surface area contributed by atoms with Crippen molar-refractivity contribution >= 4 is 19.8 Å². The molecule has 0 radical (unpaired) electrons. The fourth-order valence-electron chi connectivity index (χ4n) is 5.32. The average molecular weight is 766 g/mol. The third-order valence-electron chi connectivity index (χ3n) is 8.39. The summed E-state index contributed by atoms with van der Waals surface area (Å²) < 4.78 is 32.7. The molecule has 0 aliphatic carbocycles. The number of esters is 2. The van der Waals surface area contributed by atoms with Gasteiger partial charge in [-0.05, 0) is 77.0 Å². The summed E-state index contributed by atoms with van der Waals surface area (Å²) in [6.45, 7) is 3.55. The molecular formula is C43H76NO8P. The van der Waals surface area contributed by atoms with E-state index < -0.39 is 32.5 Å². The van der Waals surface area contributed by atoms with Crippen molar-refractivity contribution in [3.05, 3.63) is 60.8 Å². The lowest BCUT2D eigenvalue weighted by Gasteiger charge is -2.19. The van der Waals surface area contributed by atoms with Gasteiger partial charge in [0.05, 0.1) is 13.2 Å². The lowest BCUT2D eigenvalue weighted by Crippen LogP contribution is -2.29. The highest BCUT2D eigenvalue weighted by Crippen LogP contribution is 2.43. The number of phosphoric acid groups is 1. The van der Waals surface area contributed by atoms with E-state index in [9.17, 15) is 19.0 Å². The van der Waals surface area contributed by atoms with E-state index in [2.05, 4.69) is 74.6 Å². The molecule has 0 saturated carbocycles. The van der Waals surface area contributed by atoms with Crippen molar-refractivity contribution in [1.29, 1.82) is 0 Å². The number of unbranched alkanes of at least 4 members (excludes halogenated alkanes) is 15. The molecule has 0 aromatic carbocycles. The van der Waals surface area contributed by atoms with E-state index in [0.717, 1.165) is 64.2 Å². The molecule has 9 nitrogen and oxygen atoms in total. The predicted octanol–water partition coefficient (Wildman–Crippen LogP) is 11.7. The van der Waals surface area contributed by atoms with Crippen LogP contribution in [-0.2, 0) is 32.7 Å². The number of ether oxygens (including phenoxy) is 2. The Kier molecular flexibility index (Phi) is 37.7. The van der Waals surface area contributed by atoms with E-state index >= 15 is 0 Å². The molecule has 0 amide bonds. The van der Waals surface area contributed by atoms with Crippen LogP contribution in [0.5, 0.6) is 0 Å². The monoisotopic (exact) mass is 766 g/mol. The Bertz CT molecular complexity index is 1050. The molecule has 0 aromatic heterocycles. The molecule has 3 N–H and O–H groups in total. The van der Waals surface area contributed by atoms with Crippen LogP contribution in [0, 0.1) is 0 Å². The molecule has 0 aromatic rings. The minimum atomic E-state index is -4.39. The van der Waals surface area contributed by atoms with Crippen LogP contribution in [0.1, 0.15) is 168 Å². The van der Waals surface area contributed by atoms with Crippen molar-refractivity contribution < 1.29 is 37.6 Å². The Morgan fingerprint density at radius 1 is 0.585 bits per heavy atom. The highest BCUT2D eigenvalue weighted by Gasteiger charge is 2.25. The number of hydrogen-bond acceptors (Lipinski definition) is 8. The second-order valence-electron chi connectivity index (χ2n) is 13.5. The van der Waals surface area contributed by atoms with Crippen LogP contribution in [-0.4, -0.2) is 49.3 Å². The molecule has 2 atom stereocenters. The van der Waals surface area contributed by atoms with Crippen molar-refractivity contribution in [1.82, 2.24) is 0 Å². The second kappa shape index (κ2) is 39.4. The van der Waals surface area contributed by atoms with Crippen molar-refractivity contribution in [3.63, 3.8) is 0 Å². The third kappa shape index (κ3) is 39.2. The summed E-state index contributed by atoms with van der Waals surface area (Å²) in [6, 6.07) is 0. The van der Waals surface area contributed by atoms with Crippen molar-refractivity contribution in [3.8, 4) is 0 Å². The molecular weight excluding hydrogens is 689 g/mol. The summed E-state index contributed by atoms with van der Waals surface area (Å²) in [5.41, 5.74) is 5.34. The number of carbonyl (C=O) groups is 2. The van der Waals surface area contributed by atoms with Crippen LogP contribution in [0.25, 0.3) is 0 Å². The van der Waals surface area contributed by atoms with Gasteiger partial charge in [-0.2, -0.15) is 0 Å². The van der Waals surface area contributed by atoms with Gasteiger partial charge in [-0.3, -0.25) is 18.6 Å². The van der Waals surface area contributed by atoms with Gasteiger partial charge in [0.15, 0.2) is 6.10 Å². The van der Waals surface area contributed by atoms with E-state index in [-0.39, 0.29) is 32.6 Å². The Hall–Kier alpha value is -2.29. The zero-order valence-corrected chi connectivity index (χ0v) is 34.4. The fraction of sp³-hybridized carbons (Fsp3) is 0.721. The van der Waals surface area contributed by atoms with Gasteiger partial charge in [-0.15, -0.1) is 0 Å². The van der Waals surface area contributed by atoms with E-state index in [1.54, 1.807) is 0 Å². The smallest absolute Gasteiger partial charge is 0.462 e. The summed E-state index contributed by atoms with van der Waals surface area (Å²) in [5, 5.41) is 0. The highest BCUT2D eigenvalue weighted by atomic mass is 31.2. The molecule has 0 aliphatic rings. The number of phosphoric ester groups is 1. The summed E-state index contributed by atoms with van der Waals surface area (Å²) >= 11 is 0. The summed E-state index contributed by atoms with van der Waals surface area (Å²) in [5.74, 6) is -0.886. The van der Waals surface area contributed by atoms with Crippen LogP contribution >= 0.6 is 7.82 Å². The molecule has 2 unspecified atom stereocenters. The standard InChI is InChI=1S/C43H76NO8P/c1-3-5-7-9-11-13-15-17-19-20-22-24-26-28-30-32-34-36-43(46)52-41(40-51-53(47,48)50-38-37-44)39-49-42(45)35-33-31-29-27-25-23-21-18-16-14-12-10-8-6-4-2/h6,8,12,14,17-19,21,25,27,41H,3-5,7,9-11,13,15-16,20,22-24,26,28-40,44H2,1-2H3,(H,47,48). The lowest BCUT2D eigenvalue weighted by molar-refractivity contribution is -0.161. The van der Waals surface area contributed by atoms with Gasteiger partial charge >= 0.3 is 19.8 Å². The van der Waals surface area contributed by atoms with Gasteiger partial charge in [0.2, 0.25) is 0 Å². The molecule has 306 valence electrons. The molecule has 10 heteroatoms. The first-order valence-electron chi connectivity index (χ1n) is 20.8. The molecule has 0 rings (SSSR count). The number of hydrogen-bond donors (Lipinski definition) is 2. The molecule has 0 fully saturated rings. The largest absolute Gasteiger partial charge is 0.472 e. The zero-order valence-electron chi connectivity index (χ0n) is 33.5. The number of nitrogens with two attached hydrogens (primary N) is 1. The number of rotatable bonds is 38. The van der Waals surface area contributed by atoms with Gasteiger partial charge in [0.25, 0.3) is 0 Å². The summed E-state index contributed by atoms with van der Waals surface area (Å²) in [4.78, 5) is 34.8. The van der Waals surface area contributed by atoms with E-state index in [0.29, 0.717) is 12.8 Å². The number of carbonyl (C=O) groups excluding carboxylic acids is 2. The van der Waals surface area contributed by atoms with Crippen LogP contribution in [0.4, 0.5) is 0 Å². The molecule has 0 heterocycles. The minimum absolute atomic E-state index is 0.0446. The van der Waals surface area contributed by atoms with Crippen LogP contribution < -0.4 is 5.73 Å². The Labute approximate surface area is 323 Å².